The molecule has 0 aliphatic carbocycles. The van der Waals surface area contributed by atoms with Crippen molar-refractivity contribution in [2.75, 3.05) is 11.1 Å². The minimum atomic E-state index is -0.219. The Labute approximate surface area is 169 Å². The molecule has 0 fully saturated rings. The molecule has 0 saturated carbocycles. The molecule has 0 radical (unpaired) electrons. The van der Waals surface area contributed by atoms with Crippen molar-refractivity contribution in [3.63, 3.8) is 0 Å². The molecule has 0 spiro atoms. The third kappa shape index (κ3) is 5.14. The topological polar surface area (TPSA) is 68.0 Å². The van der Waals surface area contributed by atoms with Gasteiger partial charge in [-0.1, -0.05) is 39.9 Å². The Morgan fingerprint density at radius 1 is 1.04 bits per heavy atom. The normalized spacial score (nSPS) is 10.7. The molecule has 0 atom stereocenters. The van der Waals surface area contributed by atoms with Gasteiger partial charge in [-0.3, -0.25) is 10.1 Å². The van der Waals surface area contributed by atoms with E-state index in [2.05, 4.69) is 15.5 Å². The summed E-state index contributed by atoms with van der Waals surface area (Å²) < 4.78 is 5.44. The molecule has 3 rings (SSSR count). The van der Waals surface area contributed by atoms with Crippen molar-refractivity contribution in [1.82, 2.24) is 10.2 Å². The summed E-state index contributed by atoms with van der Waals surface area (Å²) in [6, 6.07) is 12.4. The van der Waals surface area contributed by atoms with E-state index in [1.54, 1.807) is 30.0 Å². The molecule has 9 heteroatoms. The highest BCUT2D eigenvalue weighted by Gasteiger charge is 2.14. The number of thioether (sulfide) groups is 1. The number of hydrogen-bond donors (Lipinski definition) is 1. The monoisotopic (exact) mass is 427 g/mol. The molecule has 134 valence electrons. The number of carbonyl (C=O) groups is 1. The molecule has 0 unspecified atom stereocenters. The lowest BCUT2D eigenvalue weighted by molar-refractivity contribution is -0.115. The van der Waals surface area contributed by atoms with E-state index in [4.69, 9.17) is 39.2 Å². The van der Waals surface area contributed by atoms with Gasteiger partial charge in [-0.05, 0) is 42.5 Å². The third-order valence-electron chi connectivity index (χ3n) is 3.24. The Morgan fingerprint density at radius 3 is 2.50 bits per heavy atom. The molecular weight excluding hydrogens is 417 g/mol. The molecule has 5 nitrogen and oxygen atoms in total. The summed E-state index contributed by atoms with van der Waals surface area (Å²) in [4.78, 5) is 13.0. The van der Waals surface area contributed by atoms with Crippen LogP contribution in [0.15, 0.2) is 51.8 Å². The van der Waals surface area contributed by atoms with Crippen LogP contribution < -0.4 is 5.32 Å². The van der Waals surface area contributed by atoms with Gasteiger partial charge in [0.25, 0.3) is 5.89 Å². The van der Waals surface area contributed by atoms with Crippen molar-refractivity contribution in [2.24, 2.45) is 0 Å². The fourth-order valence-electron chi connectivity index (χ4n) is 2.02. The predicted octanol–water partition coefficient (Wildman–Crippen LogP) is 5.82. The zero-order valence-electron chi connectivity index (χ0n) is 13.2. The molecule has 26 heavy (non-hydrogen) atoms. The average molecular weight is 429 g/mol. The van der Waals surface area contributed by atoms with E-state index < -0.39 is 0 Å². The van der Waals surface area contributed by atoms with Crippen molar-refractivity contribution in [2.45, 2.75) is 11.3 Å². The molecule has 1 amide bonds. The van der Waals surface area contributed by atoms with Crippen LogP contribution in [0.5, 0.6) is 0 Å². The van der Waals surface area contributed by atoms with Crippen molar-refractivity contribution in [3.05, 3.63) is 57.5 Å². The van der Waals surface area contributed by atoms with E-state index >= 15 is 0 Å². The quantitative estimate of drug-likeness (QED) is 0.501. The maximum Gasteiger partial charge on any atom is 0.322 e. The largest absolute Gasteiger partial charge is 0.403 e. The van der Waals surface area contributed by atoms with E-state index in [0.29, 0.717) is 32.8 Å². The fourth-order valence-corrected chi connectivity index (χ4v) is 3.49. The highest BCUT2D eigenvalue weighted by Crippen LogP contribution is 2.30. The van der Waals surface area contributed by atoms with Crippen LogP contribution in [0.3, 0.4) is 0 Å². The van der Waals surface area contributed by atoms with Gasteiger partial charge in [-0.2, -0.15) is 0 Å². The Bertz CT molecular complexity index is 916. The summed E-state index contributed by atoms with van der Waals surface area (Å²) in [5.74, 6) is 0.596. The van der Waals surface area contributed by atoms with Crippen molar-refractivity contribution < 1.29 is 9.21 Å². The second-order valence-corrected chi connectivity index (χ2v) is 7.59. The molecule has 1 aromatic heterocycles. The first kappa shape index (κ1) is 19.0. The summed E-state index contributed by atoms with van der Waals surface area (Å²) in [6.45, 7) is 0. The molecule has 1 heterocycles. The van der Waals surface area contributed by atoms with Crippen LogP contribution in [0.1, 0.15) is 6.42 Å². The number of carbonyl (C=O) groups excluding carboxylic acids is 1. The number of anilines is 1. The maximum atomic E-state index is 12.0. The standard InChI is InChI=1S/C17H12Cl3N3O2S/c18-10-1-4-12(5-2-10)26-8-7-15(24)21-17-23-22-16(25-17)13-6-3-11(19)9-14(13)20/h1-6,9H,7-8H2,(H,21,23,24). The molecule has 1 N–H and O–H groups in total. The highest BCUT2D eigenvalue weighted by molar-refractivity contribution is 7.99. The highest BCUT2D eigenvalue weighted by atomic mass is 35.5. The molecular formula is C17H12Cl3N3O2S. The number of rotatable bonds is 6. The smallest absolute Gasteiger partial charge is 0.322 e. The van der Waals surface area contributed by atoms with Crippen molar-refractivity contribution >= 4 is 58.5 Å². The Balaban J connectivity index is 1.53. The van der Waals surface area contributed by atoms with Gasteiger partial charge in [-0.15, -0.1) is 16.9 Å². The van der Waals surface area contributed by atoms with Crippen LogP contribution in [0.25, 0.3) is 11.5 Å². The van der Waals surface area contributed by atoms with Gasteiger partial charge < -0.3 is 4.42 Å². The van der Waals surface area contributed by atoms with Crippen molar-refractivity contribution in [1.29, 1.82) is 0 Å². The molecule has 0 aliphatic heterocycles. The molecule has 2 aromatic carbocycles. The maximum absolute atomic E-state index is 12.0. The second kappa shape index (κ2) is 8.77. The third-order valence-corrected chi connectivity index (χ3v) is 5.06. The summed E-state index contributed by atoms with van der Waals surface area (Å²) in [6.07, 6.45) is 0.298. The zero-order valence-corrected chi connectivity index (χ0v) is 16.3. The summed E-state index contributed by atoms with van der Waals surface area (Å²) >= 11 is 19.4. The predicted molar refractivity (Wildman–Crippen MR) is 105 cm³/mol. The fraction of sp³-hybridized carbons (Fsp3) is 0.118. The van der Waals surface area contributed by atoms with Gasteiger partial charge in [0, 0.05) is 27.1 Å². The number of hydrogen-bond acceptors (Lipinski definition) is 5. The number of nitrogens with zero attached hydrogens (tertiary/aromatic N) is 2. The SMILES string of the molecule is O=C(CCSc1ccc(Cl)cc1)Nc1nnc(-c2ccc(Cl)cc2Cl)o1. The van der Waals surface area contributed by atoms with E-state index in [0.717, 1.165) is 4.90 Å². The first-order valence-electron chi connectivity index (χ1n) is 7.48. The number of nitrogens with one attached hydrogen (secondary N) is 1. The van der Waals surface area contributed by atoms with Gasteiger partial charge >= 0.3 is 6.01 Å². The summed E-state index contributed by atoms with van der Waals surface area (Å²) in [5.41, 5.74) is 0.544. The van der Waals surface area contributed by atoms with E-state index in [-0.39, 0.29) is 17.8 Å². The number of amides is 1. The van der Waals surface area contributed by atoms with Crippen LogP contribution in [0, 0.1) is 0 Å². The zero-order chi connectivity index (χ0) is 18.5. The van der Waals surface area contributed by atoms with E-state index in [1.165, 1.54) is 0 Å². The minimum Gasteiger partial charge on any atom is -0.403 e. The molecule has 0 saturated heterocycles. The second-order valence-electron chi connectivity index (χ2n) is 5.14. The first-order valence-corrected chi connectivity index (χ1v) is 9.60. The van der Waals surface area contributed by atoms with Crippen LogP contribution >= 0.6 is 46.6 Å². The van der Waals surface area contributed by atoms with Crippen LogP contribution in [0.4, 0.5) is 6.01 Å². The lowest BCUT2D eigenvalue weighted by atomic mass is 10.2. The Kier molecular flexibility index (Phi) is 6.43. The Morgan fingerprint density at radius 2 is 1.77 bits per heavy atom. The molecule has 3 aromatic rings. The number of aromatic nitrogens is 2. The number of benzene rings is 2. The van der Waals surface area contributed by atoms with Crippen molar-refractivity contribution in [3.8, 4) is 11.5 Å². The first-order chi connectivity index (χ1) is 12.5. The van der Waals surface area contributed by atoms with Crippen LogP contribution in [-0.2, 0) is 4.79 Å². The van der Waals surface area contributed by atoms with Gasteiger partial charge in [0.2, 0.25) is 5.91 Å². The molecule has 0 bridgehead atoms. The average Bonchev–Trinajstić information content (AvgIpc) is 3.04. The summed E-state index contributed by atoms with van der Waals surface area (Å²) in [5, 5.41) is 11.8. The minimum absolute atomic E-state index is 0.0208. The van der Waals surface area contributed by atoms with Crippen LogP contribution in [0.2, 0.25) is 15.1 Å². The van der Waals surface area contributed by atoms with Gasteiger partial charge in [0.15, 0.2) is 0 Å². The number of halogens is 3. The van der Waals surface area contributed by atoms with Gasteiger partial charge in [-0.25, -0.2) is 0 Å². The lowest BCUT2D eigenvalue weighted by Gasteiger charge is -2.02. The van der Waals surface area contributed by atoms with E-state index in [1.807, 2.05) is 24.3 Å². The van der Waals surface area contributed by atoms with Crippen LogP contribution in [-0.4, -0.2) is 21.9 Å². The summed E-state index contributed by atoms with van der Waals surface area (Å²) in [7, 11) is 0. The molecule has 0 aliphatic rings. The van der Waals surface area contributed by atoms with Gasteiger partial charge in [0.1, 0.15) is 0 Å². The van der Waals surface area contributed by atoms with Gasteiger partial charge in [0.05, 0.1) is 10.6 Å². The Hall–Kier alpha value is -1.73. The van der Waals surface area contributed by atoms with E-state index in [9.17, 15) is 4.79 Å². The lowest BCUT2D eigenvalue weighted by Crippen LogP contribution is -2.12.